The van der Waals surface area contributed by atoms with E-state index in [0.29, 0.717) is 11.4 Å². The van der Waals surface area contributed by atoms with Gasteiger partial charge in [0.2, 0.25) is 0 Å². The molecular formula is C22H20N4O2S. The largest absolute Gasteiger partial charge is 0.315 e. The maximum atomic E-state index is 12.9. The third-order valence-electron chi connectivity index (χ3n) is 4.58. The Morgan fingerprint density at radius 3 is 2.38 bits per heavy atom. The normalized spacial score (nSPS) is 11.2. The van der Waals surface area contributed by atoms with Crippen molar-refractivity contribution in [1.29, 1.82) is 5.26 Å². The fourth-order valence-corrected chi connectivity index (χ4v) is 3.32. The van der Waals surface area contributed by atoms with E-state index in [1.165, 1.54) is 10.8 Å². The predicted molar refractivity (Wildman–Crippen MR) is 116 cm³/mol. The second kappa shape index (κ2) is 8.67. The molecule has 0 aliphatic rings. The minimum Gasteiger partial charge on any atom is -0.315 e. The summed E-state index contributed by atoms with van der Waals surface area (Å²) >= 11 is 1.61. The second-order valence-corrected chi connectivity index (χ2v) is 7.21. The minimum atomic E-state index is -0.618. The molecule has 0 unspecified atom stereocenters. The van der Waals surface area contributed by atoms with Crippen molar-refractivity contribution in [3.8, 4) is 11.8 Å². The van der Waals surface area contributed by atoms with Crippen molar-refractivity contribution >= 4 is 29.4 Å². The number of benzene rings is 2. The van der Waals surface area contributed by atoms with E-state index in [9.17, 15) is 14.9 Å². The zero-order valence-corrected chi connectivity index (χ0v) is 17.2. The van der Waals surface area contributed by atoms with Gasteiger partial charge in [-0.1, -0.05) is 30.3 Å². The molecule has 3 rings (SSSR count). The van der Waals surface area contributed by atoms with Gasteiger partial charge >= 0.3 is 0 Å². The number of nitrogens with zero attached hydrogens (tertiary/aromatic N) is 3. The number of amides is 1. The van der Waals surface area contributed by atoms with E-state index in [2.05, 4.69) is 5.32 Å². The third-order valence-corrected chi connectivity index (χ3v) is 5.33. The van der Waals surface area contributed by atoms with Crippen LogP contribution < -0.4 is 10.9 Å². The van der Waals surface area contributed by atoms with Gasteiger partial charge in [-0.3, -0.25) is 14.3 Å². The molecule has 0 bridgehead atoms. The number of thioether (sulfide) groups is 1. The molecule has 0 fully saturated rings. The molecule has 3 aromatic rings. The highest BCUT2D eigenvalue weighted by Gasteiger charge is 2.19. The zero-order valence-electron chi connectivity index (χ0n) is 16.3. The molecule has 1 heterocycles. The first-order valence-electron chi connectivity index (χ1n) is 8.87. The van der Waals surface area contributed by atoms with E-state index in [1.54, 1.807) is 30.4 Å². The average Bonchev–Trinajstić information content (AvgIpc) is 2.96. The quantitative estimate of drug-likeness (QED) is 0.399. The maximum absolute atomic E-state index is 12.9. The molecule has 1 aromatic heterocycles. The highest BCUT2D eigenvalue weighted by molar-refractivity contribution is 7.98. The Kier molecular flexibility index (Phi) is 6.05. The number of rotatable bonds is 5. The van der Waals surface area contributed by atoms with Crippen molar-refractivity contribution < 1.29 is 4.79 Å². The SMILES string of the molecule is CSc1ccc(/C=C(\C#N)C(=O)Nc2c(C)n(C)n(-c3ccccc3)c2=O)cc1. The summed E-state index contributed by atoms with van der Waals surface area (Å²) in [7, 11) is 1.74. The van der Waals surface area contributed by atoms with Crippen molar-refractivity contribution in [1.82, 2.24) is 9.36 Å². The smallest absolute Gasteiger partial charge is 0.295 e. The van der Waals surface area contributed by atoms with Crippen molar-refractivity contribution in [3.63, 3.8) is 0 Å². The number of carbonyl (C=O) groups is 1. The molecular weight excluding hydrogens is 384 g/mol. The van der Waals surface area contributed by atoms with Crippen LogP contribution in [0.2, 0.25) is 0 Å². The average molecular weight is 404 g/mol. The Balaban J connectivity index is 1.93. The van der Waals surface area contributed by atoms with Crippen LogP contribution in [0.5, 0.6) is 0 Å². The Labute approximate surface area is 173 Å². The number of para-hydroxylation sites is 1. The molecule has 0 aliphatic carbocycles. The first kappa shape index (κ1) is 20.2. The second-order valence-electron chi connectivity index (χ2n) is 6.33. The van der Waals surface area contributed by atoms with Crippen molar-refractivity contribution in [2.45, 2.75) is 11.8 Å². The van der Waals surface area contributed by atoms with Crippen LogP contribution in [0.15, 0.2) is 69.9 Å². The fourth-order valence-electron chi connectivity index (χ4n) is 2.91. The first-order chi connectivity index (χ1) is 14.0. The summed E-state index contributed by atoms with van der Waals surface area (Å²) in [4.78, 5) is 26.7. The van der Waals surface area contributed by atoms with E-state index in [-0.39, 0.29) is 16.8 Å². The van der Waals surface area contributed by atoms with Gasteiger partial charge in [-0.2, -0.15) is 5.26 Å². The van der Waals surface area contributed by atoms with Crippen LogP contribution in [0.3, 0.4) is 0 Å². The van der Waals surface area contributed by atoms with Crippen LogP contribution in [-0.4, -0.2) is 21.5 Å². The molecule has 1 amide bonds. The highest BCUT2D eigenvalue weighted by atomic mass is 32.2. The lowest BCUT2D eigenvalue weighted by molar-refractivity contribution is -0.112. The van der Waals surface area contributed by atoms with Crippen LogP contribution in [-0.2, 0) is 11.8 Å². The Morgan fingerprint density at radius 2 is 1.79 bits per heavy atom. The van der Waals surface area contributed by atoms with E-state index in [1.807, 2.05) is 66.9 Å². The number of aromatic nitrogens is 2. The maximum Gasteiger partial charge on any atom is 0.295 e. The monoisotopic (exact) mass is 404 g/mol. The number of nitrogens with one attached hydrogen (secondary N) is 1. The van der Waals surface area contributed by atoms with Gasteiger partial charge in [0.25, 0.3) is 11.5 Å². The third kappa shape index (κ3) is 4.18. The molecule has 6 nitrogen and oxygen atoms in total. The molecule has 1 N–H and O–H groups in total. The summed E-state index contributed by atoms with van der Waals surface area (Å²) < 4.78 is 3.14. The van der Waals surface area contributed by atoms with Crippen LogP contribution in [0.25, 0.3) is 11.8 Å². The molecule has 2 aromatic carbocycles. The van der Waals surface area contributed by atoms with Gasteiger partial charge in [-0.05, 0) is 49.1 Å². The molecule has 0 radical (unpaired) electrons. The summed E-state index contributed by atoms with van der Waals surface area (Å²) in [5.74, 6) is -0.618. The summed E-state index contributed by atoms with van der Waals surface area (Å²) in [6, 6.07) is 18.6. The van der Waals surface area contributed by atoms with Gasteiger partial charge < -0.3 is 5.32 Å². The van der Waals surface area contributed by atoms with Crippen LogP contribution >= 0.6 is 11.8 Å². The number of hydrogen-bond acceptors (Lipinski definition) is 4. The molecule has 0 saturated carbocycles. The molecule has 7 heteroatoms. The predicted octanol–water partition coefficient (Wildman–Crippen LogP) is 3.75. The Hall–Kier alpha value is -3.50. The Morgan fingerprint density at radius 1 is 1.14 bits per heavy atom. The van der Waals surface area contributed by atoms with Gasteiger partial charge in [-0.15, -0.1) is 11.8 Å². The van der Waals surface area contributed by atoms with Gasteiger partial charge in [-0.25, -0.2) is 4.68 Å². The van der Waals surface area contributed by atoms with Gasteiger partial charge in [0, 0.05) is 11.9 Å². The van der Waals surface area contributed by atoms with Crippen LogP contribution in [0.1, 0.15) is 11.3 Å². The van der Waals surface area contributed by atoms with Crippen molar-refractivity contribution in [2.75, 3.05) is 11.6 Å². The van der Waals surface area contributed by atoms with Crippen molar-refractivity contribution in [2.24, 2.45) is 7.05 Å². The van der Waals surface area contributed by atoms with Gasteiger partial charge in [0.05, 0.1) is 11.4 Å². The molecule has 0 saturated heterocycles. The number of carbonyl (C=O) groups excluding carboxylic acids is 1. The highest BCUT2D eigenvalue weighted by Crippen LogP contribution is 2.18. The lowest BCUT2D eigenvalue weighted by Crippen LogP contribution is -2.23. The summed E-state index contributed by atoms with van der Waals surface area (Å²) in [5, 5.41) is 12.1. The van der Waals surface area contributed by atoms with E-state index in [0.717, 1.165) is 10.5 Å². The summed E-state index contributed by atoms with van der Waals surface area (Å²) in [6.45, 7) is 1.74. The molecule has 0 atom stereocenters. The van der Waals surface area contributed by atoms with Gasteiger partial charge in [0.15, 0.2) is 0 Å². The fraction of sp³-hybridized carbons (Fsp3) is 0.136. The van der Waals surface area contributed by atoms with Crippen LogP contribution in [0.4, 0.5) is 5.69 Å². The lowest BCUT2D eigenvalue weighted by atomic mass is 10.1. The zero-order chi connectivity index (χ0) is 21.0. The lowest BCUT2D eigenvalue weighted by Gasteiger charge is -2.07. The van der Waals surface area contributed by atoms with E-state index in [4.69, 9.17) is 0 Å². The molecule has 29 heavy (non-hydrogen) atoms. The molecule has 0 aliphatic heterocycles. The van der Waals surface area contributed by atoms with Crippen LogP contribution in [0, 0.1) is 18.3 Å². The molecule has 0 spiro atoms. The number of nitriles is 1. The summed E-state index contributed by atoms with van der Waals surface area (Å²) in [5.41, 5.74) is 1.74. The van der Waals surface area contributed by atoms with E-state index < -0.39 is 5.91 Å². The standard InChI is InChI=1S/C22H20N4O2S/c1-15-20(22(28)26(25(15)2)18-7-5-4-6-8-18)24-21(27)17(14-23)13-16-9-11-19(29-3)12-10-16/h4-13H,1-3H3,(H,24,27)/b17-13+. The van der Waals surface area contributed by atoms with E-state index >= 15 is 0 Å². The number of anilines is 1. The van der Waals surface area contributed by atoms with Gasteiger partial charge in [0.1, 0.15) is 17.3 Å². The number of hydrogen-bond donors (Lipinski definition) is 1. The van der Waals surface area contributed by atoms with Crippen molar-refractivity contribution in [3.05, 3.63) is 81.8 Å². The topological polar surface area (TPSA) is 79.8 Å². The summed E-state index contributed by atoms with van der Waals surface area (Å²) in [6.07, 6.45) is 3.48. The Bertz CT molecular complexity index is 1170. The first-order valence-corrected chi connectivity index (χ1v) is 10.1. The molecule has 146 valence electrons. The minimum absolute atomic E-state index is 0.0733.